The zero-order valence-electron chi connectivity index (χ0n) is 18.8. The molecule has 0 N–H and O–H groups in total. The van der Waals surface area contributed by atoms with E-state index in [1.165, 1.54) is 12.8 Å². The molecule has 31 heavy (non-hydrogen) atoms. The predicted molar refractivity (Wildman–Crippen MR) is 123 cm³/mol. The van der Waals surface area contributed by atoms with Crippen molar-refractivity contribution in [2.45, 2.75) is 31.8 Å². The van der Waals surface area contributed by atoms with Gasteiger partial charge >= 0.3 is 6.03 Å². The summed E-state index contributed by atoms with van der Waals surface area (Å²) in [5.41, 5.74) is 3.43. The largest absolute Gasteiger partial charge is 0.339 e. The Morgan fingerprint density at radius 2 is 1.77 bits per heavy atom. The van der Waals surface area contributed by atoms with E-state index in [0.717, 1.165) is 41.4 Å². The number of fused-ring (bicyclic) bond motifs is 3. The highest BCUT2D eigenvalue weighted by Crippen LogP contribution is 2.37. The molecule has 1 aliphatic heterocycles. The summed E-state index contributed by atoms with van der Waals surface area (Å²) >= 11 is 0. The van der Waals surface area contributed by atoms with Crippen molar-refractivity contribution in [1.82, 2.24) is 23.8 Å². The Kier molecular flexibility index (Phi) is 4.81. The molecule has 0 bridgehead atoms. The van der Waals surface area contributed by atoms with Gasteiger partial charge in [-0.1, -0.05) is 18.2 Å². The normalized spacial score (nSPS) is 19.1. The van der Waals surface area contributed by atoms with E-state index in [1.54, 1.807) is 23.6 Å². The molecule has 0 spiro atoms. The molecule has 5 rings (SSSR count). The van der Waals surface area contributed by atoms with Gasteiger partial charge in [0.25, 0.3) is 5.91 Å². The van der Waals surface area contributed by atoms with Crippen LogP contribution in [0.5, 0.6) is 0 Å². The molecule has 7 heteroatoms. The minimum absolute atomic E-state index is 0.0576. The number of hydrogen-bond donors (Lipinski definition) is 0. The molecule has 1 aliphatic carbocycles. The van der Waals surface area contributed by atoms with Crippen molar-refractivity contribution in [2.75, 3.05) is 41.3 Å². The third-order valence-corrected chi connectivity index (χ3v) is 6.83. The minimum Gasteiger partial charge on any atom is -0.339 e. The number of para-hydroxylation sites is 1. The number of carbonyl (C=O) groups is 2. The third kappa shape index (κ3) is 3.31. The summed E-state index contributed by atoms with van der Waals surface area (Å²) in [7, 11) is 7.59. The van der Waals surface area contributed by atoms with Gasteiger partial charge in [0.05, 0.1) is 16.6 Å². The second kappa shape index (κ2) is 7.41. The number of likely N-dealkylation sites (N-methyl/N-ethyl adjacent to an activating group) is 1. The number of aromatic nitrogens is 2. The molecule has 1 atom stereocenters. The van der Waals surface area contributed by atoms with Gasteiger partial charge < -0.3 is 19.3 Å². The lowest BCUT2D eigenvalue weighted by Crippen LogP contribution is -2.37. The van der Waals surface area contributed by atoms with Crippen LogP contribution in [0.15, 0.2) is 30.3 Å². The Morgan fingerprint density at radius 3 is 2.42 bits per heavy atom. The van der Waals surface area contributed by atoms with Gasteiger partial charge in [-0.2, -0.15) is 0 Å². The van der Waals surface area contributed by atoms with E-state index in [4.69, 9.17) is 0 Å². The smallest absolute Gasteiger partial charge is 0.328 e. The second-order valence-electron chi connectivity index (χ2n) is 9.50. The Morgan fingerprint density at radius 1 is 1.03 bits per heavy atom. The van der Waals surface area contributed by atoms with E-state index in [2.05, 4.69) is 35.7 Å². The Hall–Kier alpha value is -2.80. The van der Waals surface area contributed by atoms with Crippen LogP contribution in [0, 0.1) is 5.92 Å². The van der Waals surface area contributed by atoms with Gasteiger partial charge in [0.2, 0.25) is 0 Å². The van der Waals surface area contributed by atoms with Crippen LogP contribution in [0.2, 0.25) is 0 Å². The first-order valence-corrected chi connectivity index (χ1v) is 11.2. The van der Waals surface area contributed by atoms with Crippen molar-refractivity contribution in [3.63, 3.8) is 0 Å². The van der Waals surface area contributed by atoms with Gasteiger partial charge in [-0.3, -0.25) is 9.36 Å². The first-order valence-electron chi connectivity index (χ1n) is 11.2. The summed E-state index contributed by atoms with van der Waals surface area (Å²) < 4.78 is 3.96. The molecule has 2 aliphatic rings. The standard InChI is InChI=1S/C24H31N5O2/c1-25(2)17-11-12-27(15-17)23(30)21-13-20-22(29(21)24(31)26(3)4)18-7-5-6-8-19(18)28(20)14-16-9-10-16/h5-8,13,16-17H,9-12,14-15H2,1-4H3/t17-/m0/s1. The van der Waals surface area contributed by atoms with Crippen molar-refractivity contribution < 1.29 is 9.59 Å². The Balaban J connectivity index is 1.68. The fourth-order valence-electron chi connectivity index (χ4n) is 4.82. The van der Waals surface area contributed by atoms with Gasteiger partial charge in [-0.25, -0.2) is 4.79 Å². The van der Waals surface area contributed by atoms with Crippen LogP contribution in [-0.4, -0.2) is 83.1 Å². The zero-order valence-corrected chi connectivity index (χ0v) is 18.8. The number of carbonyl (C=O) groups excluding carboxylic acids is 2. The fraction of sp³-hybridized carbons (Fsp3) is 0.500. The molecule has 1 saturated heterocycles. The van der Waals surface area contributed by atoms with Crippen LogP contribution in [0.25, 0.3) is 21.9 Å². The number of nitrogens with zero attached hydrogens (tertiary/aromatic N) is 5. The highest BCUT2D eigenvalue weighted by molar-refractivity contribution is 6.14. The van der Waals surface area contributed by atoms with E-state index in [-0.39, 0.29) is 11.9 Å². The van der Waals surface area contributed by atoms with Gasteiger partial charge in [-0.15, -0.1) is 0 Å². The van der Waals surface area contributed by atoms with E-state index in [0.29, 0.717) is 24.2 Å². The number of benzene rings is 1. The van der Waals surface area contributed by atoms with Crippen LogP contribution in [0.4, 0.5) is 4.79 Å². The topological polar surface area (TPSA) is 53.7 Å². The first-order chi connectivity index (χ1) is 14.9. The van der Waals surface area contributed by atoms with Crippen LogP contribution >= 0.6 is 0 Å². The summed E-state index contributed by atoms with van der Waals surface area (Å²) in [5.74, 6) is 0.628. The molecule has 0 unspecified atom stereocenters. The average molecular weight is 422 g/mol. The highest BCUT2D eigenvalue weighted by Gasteiger charge is 2.33. The second-order valence-corrected chi connectivity index (χ2v) is 9.50. The molecular formula is C24H31N5O2. The molecule has 2 amide bonds. The SMILES string of the molecule is CN(C)C(=O)n1c(C(=O)N2CC[C@H](N(C)C)C2)cc2c1c1ccccc1n2CC1CC1. The number of likely N-dealkylation sites (tertiary alicyclic amines) is 1. The van der Waals surface area contributed by atoms with E-state index >= 15 is 0 Å². The summed E-state index contributed by atoms with van der Waals surface area (Å²) in [5, 5.41) is 1.03. The van der Waals surface area contributed by atoms with Crippen molar-refractivity contribution in [3.05, 3.63) is 36.0 Å². The van der Waals surface area contributed by atoms with Crippen molar-refractivity contribution in [1.29, 1.82) is 0 Å². The summed E-state index contributed by atoms with van der Waals surface area (Å²) in [4.78, 5) is 32.6. The molecule has 3 heterocycles. The molecule has 0 radical (unpaired) electrons. The van der Waals surface area contributed by atoms with Crippen LogP contribution in [0.3, 0.4) is 0 Å². The van der Waals surface area contributed by atoms with E-state index in [1.807, 2.05) is 23.1 Å². The highest BCUT2D eigenvalue weighted by atomic mass is 16.2. The lowest BCUT2D eigenvalue weighted by molar-refractivity contribution is 0.0773. The Labute approximate surface area is 182 Å². The average Bonchev–Trinajstić information content (AvgIpc) is 3.18. The molecule has 3 aromatic rings. The molecule has 1 saturated carbocycles. The van der Waals surface area contributed by atoms with Crippen molar-refractivity contribution in [2.24, 2.45) is 5.92 Å². The molecule has 164 valence electrons. The first kappa shape index (κ1) is 20.1. The molecular weight excluding hydrogens is 390 g/mol. The van der Waals surface area contributed by atoms with E-state index in [9.17, 15) is 9.59 Å². The van der Waals surface area contributed by atoms with Crippen molar-refractivity contribution in [3.8, 4) is 0 Å². The minimum atomic E-state index is -0.184. The molecule has 2 fully saturated rings. The summed E-state index contributed by atoms with van der Waals surface area (Å²) in [6, 6.07) is 10.3. The van der Waals surface area contributed by atoms with Gasteiger partial charge in [0.15, 0.2) is 0 Å². The van der Waals surface area contributed by atoms with Crippen LogP contribution in [0.1, 0.15) is 29.8 Å². The number of amides is 2. The van der Waals surface area contributed by atoms with Crippen LogP contribution in [-0.2, 0) is 6.54 Å². The Bertz CT molecular complexity index is 1170. The quantitative estimate of drug-likeness (QED) is 0.650. The lowest BCUT2D eigenvalue weighted by Gasteiger charge is -2.21. The lowest BCUT2D eigenvalue weighted by atomic mass is 10.2. The van der Waals surface area contributed by atoms with Gasteiger partial charge in [-0.05, 0) is 51.4 Å². The maximum atomic E-state index is 13.6. The maximum Gasteiger partial charge on any atom is 0.328 e. The zero-order chi connectivity index (χ0) is 21.9. The fourth-order valence-corrected chi connectivity index (χ4v) is 4.82. The van der Waals surface area contributed by atoms with Crippen LogP contribution < -0.4 is 0 Å². The molecule has 1 aromatic carbocycles. The monoisotopic (exact) mass is 421 g/mol. The summed E-state index contributed by atoms with van der Waals surface area (Å²) in [6.45, 7) is 2.35. The molecule has 7 nitrogen and oxygen atoms in total. The van der Waals surface area contributed by atoms with Gasteiger partial charge in [0, 0.05) is 45.2 Å². The predicted octanol–water partition coefficient (Wildman–Crippen LogP) is 3.31. The number of hydrogen-bond acceptors (Lipinski definition) is 3. The number of rotatable bonds is 4. The van der Waals surface area contributed by atoms with Gasteiger partial charge in [0.1, 0.15) is 5.69 Å². The maximum absolute atomic E-state index is 13.6. The summed E-state index contributed by atoms with van der Waals surface area (Å²) in [6.07, 6.45) is 3.45. The van der Waals surface area contributed by atoms with Crippen molar-refractivity contribution >= 4 is 33.9 Å². The molecule has 2 aromatic heterocycles. The van der Waals surface area contributed by atoms with E-state index < -0.39 is 0 Å². The third-order valence-electron chi connectivity index (χ3n) is 6.83.